The molecule has 142 valence electrons. The molecule has 0 saturated heterocycles. The largest absolute Gasteiger partial charge is 0.383 e. The average molecular weight is 380 g/mol. The maximum absolute atomic E-state index is 6.30. The minimum Gasteiger partial charge on any atom is -0.383 e. The lowest BCUT2D eigenvalue weighted by Gasteiger charge is -2.25. The van der Waals surface area contributed by atoms with Crippen LogP contribution in [-0.4, -0.2) is 24.7 Å². The number of aromatic amines is 1. The topological polar surface area (TPSA) is 85.4 Å². The third-order valence-electron chi connectivity index (χ3n) is 6.01. The SMILES string of the molecule is Nc1ncnc2c1c(-c1ccc3[nH]ccc3c1)nn2C1CCc2ccccc2C1. The van der Waals surface area contributed by atoms with E-state index >= 15 is 0 Å². The molecule has 6 heteroatoms. The smallest absolute Gasteiger partial charge is 0.164 e. The molecule has 1 atom stereocenters. The first-order chi connectivity index (χ1) is 14.3. The lowest BCUT2D eigenvalue weighted by molar-refractivity contribution is 0.415. The molecule has 0 saturated carbocycles. The molecule has 6 rings (SSSR count). The van der Waals surface area contributed by atoms with E-state index in [2.05, 4.69) is 68.2 Å². The Morgan fingerprint density at radius 1 is 1.03 bits per heavy atom. The minimum absolute atomic E-state index is 0.256. The van der Waals surface area contributed by atoms with Crippen molar-refractivity contribution < 1.29 is 0 Å². The Bertz CT molecular complexity index is 1360. The molecule has 0 radical (unpaired) electrons. The Kier molecular flexibility index (Phi) is 3.47. The maximum Gasteiger partial charge on any atom is 0.164 e. The lowest BCUT2D eigenvalue weighted by Crippen LogP contribution is -2.20. The predicted octanol–water partition coefficient (Wildman–Crippen LogP) is 4.29. The number of nitrogens with zero attached hydrogens (tertiary/aromatic N) is 4. The van der Waals surface area contributed by atoms with Gasteiger partial charge in [0.05, 0.1) is 11.4 Å². The molecule has 3 heterocycles. The third kappa shape index (κ3) is 2.52. The van der Waals surface area contributed by atoms with Gasteiger partial charge in [0.1, 0.15) is 17.8 Å². The molecule has 2 aromatic carbocycles. The molecule has 5 aromatic rings. The van der Waals surface area contributed by atoms with Crippen LogP contribution in [0, 0.1) is 0 Å². The van der Waals surface area contributed by atoms with E-state index in [-0.39, 0.29) is 6.04 Å². The highest BCUT2D eigenvalue weighted by Crippen LogP contribution is 2.36. The number of anilines is 1. The number of benzene rings is 2. The van der Waals surface area contributed by atoms with Gasteiger partial charge in [-0.05, 0) is 48.6 Å². The summed E-state index contributed by atoms with van der Waals surface area (Å²) in [6, 6.07) is 17.3. The van der Waals surface area contributed by atoms with Crippen LogP contribution in [0.4, 0.5) is 5.82 Å². The lowest BCUT2D eigenvalue weighted by atomic mass is 9.88. The molecule has 1 aliphatic rings. The quantitative estimate of drug-likeness (QED) is 0.478. The number of aryl methyl sites for hydroxylation is 1. The zero-order valence-electron chi connectivity index (χ0n) is 15.8. The van der Waals surface area contributed by atoms with E-state index in [4.69, 9.17) is 10.8 Å². The Labute approximate surface area is 167 Å². The number of H-pyrrole nitrogens is 1. The fourth-order valence-corrected chi connectivity index (χ4v) is 4.54. The van der Waals surface area contributed by atoms with Crippen LogP contribution in [0.5, 0.6) is 0 Å². The highest BCUT2D eigenvalue weighted by molar-refractivity contribution is 5.99. The summed E-state index contributed by atoms with van der Waals surface area (Å²) >= 11 is 0. The van der Waals surface area contributed by atoms with Crippen LogP contribution < -0.4 is 5.73 Å². The molecular formula is C23H20N6. The zero-order chi connectivity index (χ0) is 19.4. The summed E-state index contributed by atoms with van der Waals surface area (Å²) in [5.74, 6) is 0.474. The number of fused-ring (bicyclic) bond motifs is 3. The van der Waals surface area contributed by atoms with Crippen molar-refractivity contribution in [2.24, 2.45) is 0 Å². The molecule has 6 nitrogen and oxygen atoms in total. The van der Waals surface area contributed by atoms with E-state index in [9.17, 15) is 0 Å². The van der Waals surface area contributed by atoms with E-state index in [0.29, 0.717) is 5.82 Å². The van der Waals surface area contributed by atoms with Gasteiger partial charge >= 0.3 is 0 Å². The molecule has 0 spiro atoms. The zero-order valence-corrected chi connectivity index (χ0v) is 15.8. The van der Waals surface area contributed by atoms with Crippen LogP contribution >= 0.6 is 0 Å². The molecule has 3 N–H and O–H groups in total. The molecule has 3 aromatic heterocycles. The second-order valence-corrected chi connectivity index (χ2v) is 7.70. The number of rotatable bonds is 2. The monoisotopic (exact) mass is 380 g/mol. The summed E-state index contributed by atoms with van der Waals surface area (Å²) < 4.78 is 2.07. The first-order valence-corrected chi connectivity index (χ1v) is 9.91. The van der Waals surface area contributed by atoms with Gasteiger partial charge in [-0.25, -0.2) is 14.6 Å². The van der Waals surface area contributed by atoms with Gasteiger partial charge in [-0.1, -0.05) is 30.3 Å². The van der Waals surface area contributed by atoms with Gasteiger partial charge in [-0.2, -0.15) is 5.10 Å². The Morgan fingerprint density at radius 2 is 1.93 bits per heavy atom. The Hall–Kier alpha value is -3.67. The average Bonchev–Trinajstić information content (AvgIpc) is 3.38. The molecule has 0 fully saturated rings. The van der Waals surface area contributed by atoms with E-state index in [0.717, 1.165) is 52.5 Å². The highest BCUT2D eigenvalue weighted by Gasteiger charge is 2.25. The van der Waals surface area contributed by atoms with E-state index in [1.54, 1.807) is 0 Å². The first kappa shape index (κ1) is 16.3. The van der Waals surface area contributed by atoms with Gasteiger partial charge in [-0.3, -0.25) is 0 Å². The van der Waals surface area contributed by atoms with Crippen molar-refractivity contribution in [2.45, 2.75) is 25.3 Å². The number of hydrogen-bond acceptors (Lipinski definition) is 4. The Balaban J connectivity index is 1.53. The molecule has 29 heavy (non-hydrogen) atoms. The number of nitrogens with one attached hydrogen (secondary N) is 1. The van der Waals surface area contributed by atoms with E-state index in [1.807, 2.05) is 6.20 Å². The Morgan fingerprint density at radius 3 is 2.86 bits per heavy atom. The maximum atomic E-state index is 6.30. The predicted molar refractivity (Wildman–Crippen MR) is 115 cm³/mol. The molecule has 1 aliphatic carbocycles. The van der Waals surface area contributed by atoms with Crippen molar-refractivity contribution in [1.29, 1.82) is 0 Å². The van der Waals surface area contributed by atoms with E-state index in [1.165, 1.54) is 17.5 Å². The van der Waals surface area contributed by atoms with Gasteiger partial charge in [0.25, 0.3) is 0 Å². The van der Waals surface area contributed by atoms with Gasteiger partial charge in [0.2, 0.25) is 0 Å². The summed E-state index contributed by atoms with van der Waals surface area (Å²) in [5.41, 5.74) is 12.9. The number of hydrogen-bond donors (Lipinski definition) is 2. The van der Waals surface area contributed by atoms with Gasteiger partial charge in [0.15, 0.2) is 5.65 Å². The molecule has 0 amide bonds. The van der Waals surface area contributed by atoms with Crippen LogP contribution in [0.25, 0.3) is 33.2 Å². The summed E-state index contributed by atoms with van der Waals surface area (Å²) in [4.78, 5) is 12.1. The summed E-state index contributed by atoms with van der Waals surface area (Å²) in [6.45, 7) is 0. The third-order valence-corrected chi connectivity index (χ3v) is 6.01. The minimum atomic E-state index is 0.256. The number of nitrogens with two attached hydrogens (primary N) is 1. The molecular weight excluding hydrogens is 360 g/mol. The normalized spacial score (nSPS) is 16.3. The van der Waals surface area contributed by atoms with Crippen molar-refractivity contribution in [3.63, 3.8) is 0 Å². The summed E-state index contributed by atoms with van der Waals surface area (Å²) in [5, 5.41) is 7.01. The molecule has 1 unspecified atom stereocenters. The van der Waals surface area contributed by atoms with E-state index < -0.39 is 0 Å². The van der Waals surface area contributed by atoms with Crippen LogP contribution in [-0.2, 0) is 12.8 Å². The van der Waals surface area contributed by atoms with Crippen molar-refractivity contribution >= 4 is 27.8 Å². The van der Waals surface area contributed by atoms with Crippen LogP contribution in [0.1, 0.15) is 23.6 Å². The van der Waals surface area contributed by atoms with Crippen LogP contribution in [0.15, 0.2) is 61.1 Å². The van der Waals surface area contributed by atoms with Crippen molar-refractivity contribution in [3.8, 4) is 11.3 Å². The van der Waals surface area contributed by atoms with Crippen molar-refractivity contribution in [3.05, 3.63) is 72.2 Å². The van der Waals surface area contributed by atoms with Crippen LogP contribution in [0.2, 0.25) is 0 Å². The van der Waals surface area contributed by atoms with Gasteiger partial charge in [0, 0.05) is 22.7 Å². The van der Waals surface area contributed by atoms with Gasteiger partial charge in [-0.15, -0.1) is 0 Å². The summed E-state index contributed by atoms with van der Waals surface area (Å²) in [7, 11) is 0. The number of aromatic nitrogens is 5. The molecule has 0 aliphatic heterocycles. The van der Waals surface area contributed by atoms with Crippen LogP contribution in [0.3, 0.4) is 0 Å². The van der Waals surface area contributed by atoms with Gasteiger partial charge < -0.3 is 10.7 Å². The first-order valence-electron chi connectivity index (χ1n) is 9.91. The highest BCUT2D eigenvalue weighted by atomic mass is 15.3. The molecule has 0 bridgehead atoms. The second-order valence-electron chi connectivity index (χ2n) is 7.70. The standard InChI is InChI=1S/C23H20N6/c24-22-20-21(17-6-8-19-16(11-17)9-10-25-19)28-29(23(20)27-13-26-22)18-7-5-14-3-1-2-4-15(14)12-18/h1-4,6,8-11,13,18,25H,5,7,12H2,(H2,24,26,27). The fraction of sp³-hybridized carbons (Fsp3) is 0.174. The van der Waals surface area contributed by atoms with Crippen molar-refractivity contribution in [1.82, 2.24) is 24.7 Å². The fourth-order valence-electron chi connectivity index (χ4n) is 4.54. The summed E-state index contributed by atoms with van der Waals surface area (Å²) in [6.07, 6.45) is 6.52. The number of nitrogen functional groups attached to an aromatic ring is 1. The van der Waals surface area contributed by atoms with Crippen molar-refractivity contribution in [2.75, 3.05) is 5.73 Å². The second kappa shape index (κ2) is 6.17.